The molecule has 1 amide bonds. The number of oxazole rings is 1. The van der Waals surface area contributed by atoms with Gasteiger partial charge in [0.1, 0.15) is 24.3 Å². The highest BCUT2D eigenvalue weighted by atomic mass is 19.3. The first-order valence-electron chi connectivity index (χ1n) is 7.98. The number of aryl methyl sites for hydroxylation is 1. The molecule has 1 aromatic heterocycles. The van der Waals surface area contributed by atoms with Crippen molar-refractivity contribution in [2.45, 2.75) is 25.7 Å². The predicted molar refractivity (Wildman–Crippen MR) is 88.7 cm³/mol. The monoisotopic (exact) mass is 381 g/mol. The van der Waals surface area contributed by atoms with Crippen LogP contribution < -0.4 is 15.5 Å². The van der Waals surface area contributed by atoms with Gasteiger partial charge in [0, 0.05) is 12.7 Å². The number of alkyl halides is 2. The zero-order valence-corrected chi connectivity index (χ0v) is 15.0. The van der Waals surface area contributed by atoms with Gasteiger partial charge in [0.15, 0.2) is 0 Å². The molecule has 1 aliphatic rings. The summed E-state index contributed by atoms with van der Waals surface area (Å²) >= 11 is 0. The maximum Gasteiger partial charge on any atom is 0.387 e. The lowest BCUT2D eigenvalue weighted by molar-refractivity contribution is -0.526. The zero-order valence-electron chi connectivity index (χ0n) is 15.0. The molecule has 0 saturated heterocycles. The molecule has 1 aromatic carbocycles. The molecule has 144 valence electrons. The van der Waals surface area contributed by atoms with E-state index in [2.05, 4.69) is 14.7 Å². The van der Waals surface area contributed by atoms with Crippen LogP contribution in [0.4, 0.5) is 8.78 Å². The Kier molecular flexibility index (Phi) is 4.83. The zero-order chi connectivity index (χ0) is 19.8. The molecule has 0 bridgehead atoms. The van der Waals surface area contributed by atoms with E-state index in [1.807, 2.05) is 0 Å². The van der Waals surface area contributed by atoms with Gasteiger partial charge in [-0.25, -0.2) is 9.88 Å². The van der Waals surface area contributed by atoms with Crippen molar-refractivity contribution >= 4 is 11.9 Å². The third-order valence-corrected chi connectivity index (χ3v) is 4.33. The molecule has 0 saturated carbocycles. The van der Waals surface area contributed by atoms with Crippen molar-refractivity contribution in [3.05, 3.63) is 47.2 Å². The maximum absolute atomic E-state index is 13.1. The minimum Gasteiger partial charge on any atom is -0.446 e. The smallest absolute Gasteiger partial charge is 0.387 e. The number of guanidine groups is 1. The molecule has 0 radical (unpaired) electrons. The molecule has 2 heterocycles. The van der Waals surface area contributed by atoms with Crippen LogP contribution in [0.25, 0.3) is 0 Å². The highest BCUT2D eigenvalue weighted by molar-refractivity contribution is 6.03. The lowest BCUT2D eigenvalue weighted by atomic mass is 9.86. The molecule has 8 nitrogen and oxygen atoms in total. The molecule has 1 atom stereocenters. The van der Waals surface area contributed by atoms with E-state index in [4.69, 9.17) is 14.9 Å². The fourth-order valence-corrected chi connectivity index (χ4v) is 2.99. The van der Waals surface area contributed by atoms with Gasteiger partial charge in [0.25, 0.3) is 0 Å². The van der Waals surface area contributed by atoms with Crippen molar-refractivity contribution < 1.29 is 32.5 Å². The van der Waals surface area contributed by atoms with E-state index >= 15 is 0 Å². The van der Waals surface area contributed by atoms with Gasteiger partial charge in [-0.05, 0) is 24.6 Å². The van der Waals surface area contributed by atoms with Crippen LogP contribution in [0.15, 0.2) is 28.9 Å². The van der Waals surface area contributed by atoms with Crippen LogP contribution in [-0.4, -0.2) is 42.5 Å². The molecule has 0 fully saturated rings. The number of likely N-dealkylation sites (N-methyl/N-ethyl adjacent to an activating group) is 1. The SMILES string of the molecule is COCc1nc(C2(c3ccc(OC(F)F)c(C)c3)[NH+]=C(N)N(C)C2=O)co1. The number of ether oxygens (including phenoxy) is 2. The van der Waals surface area contributed by atoms with Gasteiger partial charge >= 0.3 is 18.5 Å². The second-order valence-corrected chi connectivity index (χ2v) is 6.04. The Morgan fingerprint density at radius 3 is 2.74 bits per heavy atom. The van der Waals surface area contributed by atoms with E-state index in [1.54, 1.807) is 13.0 Å². The number of nitrogens with two attached hydrogens (primary N) is 1. The molecule has 10 heteroatoms. The second kappa shape index (κ2) is 6.95. The second-order valence-electron chi connectivity index (χ2n) is 6.04. The largest absolute Gasteiger partial charge is 0.446 e. The topological polar surface area (TPSA) is 105 Å². The normalized spacial score (nSPS) is 19.7. The summed E-state index contributed by atoms with van der Waals surface area (Å²) in [5.74, 6) is 0.0323. The number of methoxy groups -OCH3 is 1. The van der Waals surface area contributed by atoms with Gasteiger partial charge in [-0.15, -0.1) is 0 Å². The average Bonchev–Trinajstić information content (AvgIpc) is 3.16. The summed E-state index contributed by atoms with van der Waals surface area (Å²) in [6, 6.07) is 4.45. The Morgan fingerprint density at radius 1 is 1.44 bits per heavy atom. The van der Waals surface area contributed by atoms with Gasteiger partial charge in [0.05, 0.1) is 7.05 Å². The van der Waals surface area contributed by atoms with Crippen LogP contribution in [0.1, 0.15) is 22.7 Å². The molecule has 0 spiro atoms. The van der Waals surface area contributed by atoms with Crippen molar-refractivity contribution in [1.29, 1.82) is 0 Å². The van der Waals surface area contributed by atoms with Crippen molar-refractivity contribution in [2.24, 2.45) is 5.73 Å². The van der Waals surface area contributed by atoms with Crippen molar-refractivity contribution in [2.75, 3.05) is 14.2 Å². The van der Waals surface area contributed by atoms with E-state index in [-0.39, 0.29) is 35.8 Å². The van der Waals surface area contributed by atoms with Crippen LogP contribution in [0.5, 0.6) is 5.75 Å². The van der Waals surface area contributed by atoms with Crippen LogP contribution in [0.2, 0.25) is 0 Å². The first-order chi connectivity index (χ1) is 12.8. The number of hydrogen-bond acceptors (Lipinski definition) is 6. The van der Waals surface area contributed by atoms with E-state index in [1.165, 1.54) is 37.5 Å². The fourth-order valence-electron chi connectivity index (χ4n) is 2.99. The van der Waals surface area contributed by atoms with Crippen LogP contribution >= 0.6 is 0 Å². The third-order valence-electron chi connectivity index (χ3n) is 4.33. The van der Waals surface area contributed by atoms with Crippen molar-refractivity contribution in [3.63, 3.8) is 0 Å². The Bertz CT molecular complexity index is 899. The fraction of sp³-hybridized carbons (Fsp3) is 0.353. The summed E-state index contributed by atoms with van der Waals surface area (Å²) in [7, 11) is 3.01. The highest BCUT2D eigenvalue weighted by Gasteiger charge is 2.56. The summed E-state index contributed by atoms with van der Waals surface area (Å²) in [6.45, 7) is -1.22. The average molecular weight is 381 g/mol. The molecule has 27 heavy (non-hydrogen) atoms. The number of carbonyl (C=O) groups is 1. The molecule has 2 aromatic rings. The number of nitrogens with one attached hydrogen (secondary N) is 1. The Balaban J connectivity index is 2.14. The maximum atomic E-state index is 13.1. The number of amides is 1. The Labute approximate surface area is 153 Å². The molecule has 3 rings (SSSR count). The summed E-state index contributed by atoms with van der Waals surface area (Å²) in [5, 5.41) is 0. The van der Waals surface area contributed by atoms with E-state index in [0.717, 1.165) is 0 Å². The summed E-state index contributed by atoms with van der Waals surface area (Å²) in [6.07, 6.45) is 1.34. The van der Waals surface area contributed by atoms with E-state index in [0.29, 0.717) is 11.1 Å². The van der Waals surface area contributed by atoms with Gasteiger partial charge in [-0.1, -0.05) is 6.07 Å². The third kappa shape index (κ3) is 3.12. The molecule has 1 aliphatic heterocycles. The minimum atomic E-state index is -2.95. The number of benzene rings is 1. The van der Waals surface area contributed by atoms with Gasteiger partial charge in [0.2, 0.25) is 11.4 Å². The Morgan fingerprint density at radius 2 is 2.19 bits per heavy atom. The number of rotatable bonds is 6. The number of hydrogen-bond donors (Lipinski definition) is 2. The Hall–Kier alpha value is -3.01. The molecule has 1 unspecified atom stereocenters. The van der Waals surface area contributed by atoms with Gasteiger partial charge in [-0.3, -0.25) is 15.5 Å². The predicted octanol–water partition coefficient (Wildman–Crippen LogP) is -0.158. The van der Waals surface area contributed by atoms with E-state index < -0.39 is 12.2 Å². The standard InChI is InChI=1S/C17H18F2N4O4/c1-9-6-10(4-5-11(9)27-15(18)19)17(14(24)23(2)16(20)22-17)12-7-26-13(21-12)8-25-3/h4-7,15H,8H2,1-3H3,(H2,20,22)/p+1. The van der Waals surface area contributed by atoms with E-state index in [9.17, 15) is 13.6 Å². The lowest BCUT2D eigenvalue weighted by Crippen LogP contribution is -2.85. The lowest BCUT2D eigenvalue weighted by Gasteiger charge is -2.21. The van der Waals surface area contributed by atoms with Crippen LogP contribution in [0.3, 0.4) is 0 Å². The molecular formula is C17H19F2N4O4+. The number of nitrogens with zero attached hydrogens (tertiary/aromatic N) is 2. The molecule has 0 aliphatic carbocycles. The van der Waals surface area contributed by atoms with Crippen molar-refractivity contribution in [3.8, 4) is 5.75 Å². The summed E-state index contributed by atoms with van der Waals surface area (Å²) in [4.78, 5) is 21.6. The minimum absolute atomic E-state index is 0.0138. The number of aromatic nitrogens is 1. The number of carbonyl (C=O) groups excluding carboxylic acids is 1. The summed E-state index contributed by atoms with van der Waals surface area (Å²) < 4.78 is 39.9. The van der Waals surface area contributed by atoms with Crippen LogP contribution in [-0.2, 0) is 21.7 Å². The summed E-state index contributed by atoms with van der Waals surface area (Å²) in [5.41, 5.74) is 5.62. The van der Waals surface area contributed by atoms with Crippen LogP contribution in [0, 0.1) is 6.92 Å². The highest BCUT2D eigenvalue weighted by Crippen LogP contribution is 2.32. The first kappa shape index (κ1) is 18.8. The molecular weight excluding hydrogens is 362 g/mol. The van der Waals surface area contributed by atoms with Gasteiger partial charge < -0.3 is 13.9 Å². The van der Waals surface area contributed by atoms with Gasteiger partial charge in [-0.2, -0.15) is 8.78 Å². The quantitative estimate of drug-likeness (QED) is 0.721. The van der Waals surface area contributed by atoms with Crippen molar-refractivity contribution in [1.82, 2.24) is 9.88 Å². The number of halogens is 2. The first-order valence-corrected chi connectivity index (χ1v) is 7.98. The molecule has 3 N–H and O–H groups in total.